The van der Waals surface area contributed by atoms with Crippen LogP contribution in [0.3, 0.4) is 0 Å². The molecule has 3 aromatic rings. The van der Waals surface area contributed by atoms with Gasteiger partial charge >= 0.3 is 0 Å². The molecule has 0 saturated heterocycles. The molecule has 2 atom stereocenters. The Morgan fingerprint density at radius 1 is 1.11 bits per heavy atom. The summed E-state index contributed by atoms with van der Waals surface area (Å²) in [4.78, 5) is 19.1. The van der Waals surface area contributed by atoms with E-state index in [0.717, 1.165) is 24.3 Å². The van der Waals surface area contributed by atoms with Crippen molar-refractivity contribution in [2.24, 2.45) is 5.92 Å². The predicted molar refractivity (Wildman–Crippen MR) is 142 cm³/mol. The van der Waals surface area contributed by atoms with Gasteiger partial charge in [0.2, 0.25) is 5.91 Å². The van der Waals surface area contributed by atoms with E-state index in [4.69, 9.17) is 4.74 Å². The zero-order chi connectivity index (χ0) is 24.8. The summed E-state index contributed by atoms with van der Waals surface area (Å²) in [6.45, 7) is 8.91. The van der Waals surface area contributed by atoms with Crippen LogP contribution < -0.4 is 4.74 Å². The summed E-state index contributed by atoms with van der Waals surface area (Å²) in [6.07, 6.45) is 0.240. The zero-order valence-electron chi connectivity index (χ0n) is 20.9. The monoisotopic (exact) mass is 492 g/mol. The quantitative estimate of drug-likeness (QED) is 0.420. The Labute approximate surface area is 213 Å². The number of amides is 1. The number of rotatable bonds is 10. The zero-order valence-corrected chi connectivity index (χ0v) is 21.7. The molecule has 6 heteroatoms. The van der Waals surface area contributed by atoms with E-state index in [9.17, 15) is 9.90 Å². The molecule has 1 aliphatic rings. The highest BCUT2D eigenvalue weighted by molar-refractivity contribution is 7.10. The lowest BCUT2D eigenvalue weighted by Gasteiger charge is -2.37. The van der Waals surface area contributed by atoms with Crippen LogP contribution in [0.1, 0.15) is 47.6 Å². The average molecular weight is 493 g/mol. The van der Waals surface area contributed by atoms with Crippen LogP contribution in [0.15, 0.2) is 66.0 Å². The first kappa shape index (κ1) is 25.4. The largest absolute Gasteiger partial charge is 0.491 e. The smallest absolute Gasteiger partial charge is 0.237 e. The summed E-state index contributed by atoms with van der Waals surface area (Å²) in [5.41, 5.74) is 3.26. The fourth-order valence-corrected chi connectivity index (χ4v) is 5.64. The minimum Gasteiger partial charge on any atom is -0.491 e. The highest BCUT2D eigenvalue weighted by atomic mass is 32.1. The Morgan fingerprint density at radius 2 is 1.86 bits per heavy atom. The number of carbonyl (C=O) groups is 1. The van der Waals surface area contributed by atoms with Crippen LogP contribution in [-0.4, -0.2) is 53.6 Å². The Bertz CT molecular complexity index is 1080. The number of nitrogens with zero attached hydrogens (tertiary/aromatic N) is 2. The number of hydrogen-bond acceptors (Lipinski definition) is 5. The van der Waals surface area contributed by atoms with Crippen molar-refractivity contribution in [3.8, 4) is 5.75 Å². The number of hydrogen-bond donors (Lipinski definition) is 1. The second-order valence-electron chi connectivity index (χ2n) is 9.79. The van der Waals surface area contributed by atoms with Crippen LogP contribution in [0.5, 0.6) is 5.75 Å². The molecule has 2 heterocycles. The molecule has 0 radical (unpaired) electrons. The van der Waals surface area contributed by atoms with Crippen molar-refractivity contribution in [2.75, 3.05) is 32.8 Å². The number of aliphatic hydroxyl groups excluding tert-OH is 1. The molecule has 2 aromatic carbocycles. The minimum atomic E-state index is -0.631. The molecule has 0 spiro atoms. The van der Waals surface area contributed by atoms with Crippen LogP contribution in [0.2, 0.25) is 0 Å². The van der Waals surface area contributed by atoms with Gasteiger partial charge in [-0.1, -0.05) is 61.9 Å². The molecule has 0 saturated carbocycles. The van der Waals surface area contributed by atoms with Crippen LogP contribution in [0.4, 0.5) is 0 Å². The van der Waals surface area contributed by atoms with E-state index in [0.29, 0.717) is 25.6 Å². The molecule has 1 aliphatic heterocycles. The van der Waals surface area contributed by atoms with Crippen molar-refractivity contribution >= 4 is 17.2 Å². The second kappa shape index (κ2) is 11.8. The molecule has 35 heavy (non-hydrogen) atoms. The third-order valence-electron chi connectivity index (χ3n) is 6.44. The molecule has 1 amide bonds. The number of aliphatic hydroxyl groups is 1. The van der Waals surface area contributed by atoms with Gasteiger partial charge in [0, 0.05) is 24.5 Å². The molecular weight excluding hydrogens is 456 g/mol. The fraction of sp³-hybridized carbons (Fsp3) is 0.414. The highest BCUT2D eigenvalue weighted by Crippen LogP contribution is 2.34. The van der Waals surface area contributed by atoms with Gasteiger partial charge in [0.1, 0.15) is 12.4 Å². The van der Waals surface area contributed by atoms with Gasteiger partial charge in [-0.05, 0) is 54.0 Å². The third-order valence-corrected chi connectivity index (χ3v) is 7.44. The van der Waals surface area contributed by atoms with Crippen LogP contribution in [0, 0.1) is 12.8 Å². The minimum absolute atomic E-state index is 0.0836. The lowest BCUT2D eigenvalue weighted by atomic mass is 10.00. The molecule has 1 N–H and O–H groups in total. The van der Waals surface area contributed by atoms with Crippen LogP contribution in [0.25, 0.3) is 0 Å². The lowest BCUT2D eigenvalue weighted by molar-refractivity contribution is -0.136. The Hall–Kier alpha value is -2.67. The first-order chi connectivity index (χ1) is 16.9. The summed E-state index contributed by atoms with van der Waals surface area (Å²) in [7, 11) is 0. The van der Waals surface area contributed by atoms with E-state index >= 15 is 0 Å². The Balaban J connectivity index is 1.47. The maximum absolute atomic E-state index is 13.7. The lowest BCUT2D eigenvalue weighted by Crippen LogP contribution is -2.47. The molecule has 0 fully saturated rings. The van der Waals surface area contributed by atoms with E-state index in [2.05, 4.69) is 37.1 Å². The van der Waals surface area contributed by atoms with Gasteiger partial charge in [-0.3, -0.25) is 9.69 Å². The van der Waals surface area contributed by atoms with Gasteiger partial charge in [-0.2, -0.15) is 0 Å². The van der Waals surface area contributed by atoms with E-state index in [1.54, 1.807) is 11.3 Å². The molecule has 186 valence electrons. The van der Waals surface area contributed by atoms with Gasteiger partial charge in [0.15, 0.2) is 0 Å². The maximum Gasteiger partial charge on any atom is 0.237 e. The average Bonchev–Trinajstić information content (AvgIpc) is 3.33. The number of ether oxygens (including phenoxy) is 1. The molecule has 0 bridgehead atoms. The van der Waals surface area contributed by atoms with Gasteiger partial charge < -0.3 is 14.7 Å². The number of carbonyl (C=O) groups excluding carboxylic acids is 1. The summed E-state index contributed by atoms with van der Waals surface area (Å²) in [6, 6.07) is 19.7. The number of thiophene rings is 1. The van der Waals surface area contributed by atoms with Crippen molar-refractivity contribution in [3.05, 3.63) is 87.6 Å². The summed E-state index contributed by atoms with van der Waals surface area (Å²) in [5.74, 6) is 1.29. The van der Waals surface area contributed by atoms with Crippen molar-refractivity contribution in [2.45, 2.75) is 39.3 Å². The third kappa shape index (κ3) is 6.72. The number of fused-ring (bicyclic) bond motifs is 1. The van der Waals surface area contributed by atoms with E-state index in [1.807, 2.05) is 59.5 Å². The van der Waals surface area contributed by atoms with E-state index in [-0.39, 0.29) is 18.5 Å². The molecular formula is C29H36N2O3S. The van der Waals surface area contributed by atoms with Crippen molar-refractivity contribution in [3.63, 3.8) is 0 Å². The highest BCUT2D eigenvalue weighted by Gasteiger charge is 2.33. The molecule has 1 aromatic heterocycles. The normalized spacial score (nSPS) is 16.4. The standard InChI is InChI=1S/C29H36N2O3S/c1-21(2)17-30(18-27(32)23-7-5-4-6-8-23)19-29(33)31-15-13-28-25(14-16-35-28)26(31)20-34-24-11-9-22(3)10-12-24/h4-12,14,16,21,26-27,32H,13,15,17-20H2,1-3H3. The molecule has 0 aliphatic carbocycles. The van der Waals surface area contributed by atoms with Gasteiger partial charge in [-0.25, -0.2) is 0 Å². The summed E-state index contributed by atoms with van der Waals surface area (Å²) >= 11 is 1.76. The summed E-state index contributed by atoms with van der Waals surface area (Å²) in [5, 5.41) is 12.9. The number of benzene rings is 2. The maximum atomic E-state index is 13.7. The Morgan fingerprint density at radius 3 is 2.57 bits per heavy atom. The van der Waals surface area contributed by atoms with Gasteiger partial charge in [0.05, 0.1) is 18.7 Å². The van der Waals surface area contributed by atoms with E-state index < -0.39 is 6.10 Å². The van der Waals surface area contributed by atoms with Crippen molar-refractivity contribution in [1.29, 1.82) is 0 Å². The predicted octanol–water partition coefficient (Wildman–Crippen LogP) is 5.25. The SMILES string of the molecule is Cc1ccc(OCC2c3ccsc3CCN2C(=O)CN(CC(C)C)CC(O)c2ccccc2)cc1. The first-order valence-electron chi connectivity index (χ1n) is 12.4. The first-order valence-corrected chi connectivity index (χ1v) is 13.3. The van der Waals surface area contributed by atoms with Crippen molar-refractivity contribution in [1.82, 2.24) is 9.80 Å². The topological polar surface area (TPSA) is 53.0 Å². The van der Waals surface area contributed by atoms with Crippen LogP contribution >= 0.6 is 11.3 Å². The van der Waals surface area contributed by atoms with Gasteiger partial charge in [-0.15, -0.1) is 11.3 Å². The molecule has 2 unspecified atom stereocenters. The Kier molecular flexibility index (Phi) is 8.60. The van der Waals surface area contributed by atoms with Crippen molar-refractivity contribution < 1.29 is 14.6 Å². The fourth-order valence-electron chi connectivity index (χ4n) is 4.71. The molecule has 5 nitrogen and oxygen atoms in total. The van der Waals surface area contributed by atoms with Crippen LogP contribution in [-0.2, 0) is 11.2 Å². The molecule has 4 rings (SSSR count). The second-order valence-corrected chi connectivity index (χ2v) is 10.8. The summed E-state index contributed by atoms with van der Waals surface area (Å²) < 4.78 is 6.16. The van der Waals surface area contributed by atoms with Gasteiger partial charge in [0.25, 0.3) is 0 Å². The number of aryl methyl sites for hydroxylation is 1. The van der Waals surface area contributed by atoms with E-state index in [1.165, 1.54) is 16.0 Å².